The number of carbonyl (C=O) groups excluding carboxylic acids is 1. The highest BCUT2D eigenvalue weighted by Crippen LogP contribution is 2.24. The first kappa shape index (κ1) is 24.4. The summed E-state index contributed by atoms with van der Waals surface area (Å²) in [7, 11) is -3.62. The zero-order valence-electron chi connectivity index (χ0n) is 18.9. The smallest absolute Gasteiger partial charge is 0.322 e. The Morgan fingerprint density at radius 2 is 1.74 bits per heavy atom. The summed E-state index contributed by atoms with van der Waals surface area (Å²) in [6.45, 7) is 5.65. The summed E-state index contributed by atoms with van der Waals surface area (Å²) >= 11 is 1.79. The number of hydrogen-bond acceptors (Lipinski definition) is 8. The van der Waals surface area contributed by atoms with Crippen molar-refractivity contribution in [3.05, 3.63) is 65.5 Å². The lowest BCUT2D eigenvalue weighted by Crippen LogP contribution is -2.40. The van der Waals surface area contributed by atoms with E-state index in [9.17, 15) is 13.2 Å². The van der Waals surface area contributed by atoms with Crippen LogP contribution in [-0.2, 0) is 21.2 Å². The quantitative estimate of drug-likeness (QED) is 0.466. The minimum atomic E-state index is -3.62. The van der Waals surface area contributed by atoms with Crippen molar-refractivity contribution in [2.45, 2.75) is 35.3 Å². The van der Waals surface area contributed by atoms with Crippen molar-refractivity contribution in [3.63, 3.8) is 0 Å². The topological polar surface area (TPSA) is 115 Å². The minimum Gasteiger partial charge on any atom is -0.407 e. The Morgan fingerprint density at radius 3 is 2.38 bits per heavy atom. The molecule has 2 heterocycles. The van der Waals surface area contributed by atoms with Crippen molar-refractivity contribution in [1.82, 2.24) is 14.5 Å². The summed E-state index contributed by atoms with van der Waals surface area (Å²) in [6.07, 6.45) is 0.448. The number of nitrogens with zero attached hydrogens (tertiary/aromatic N) is 3. The monoisotopic (exact) mass is 502 g/mol. The number of ether oxygens (including phenoxy) is 1. The van der Waals surface area contributed by atoms with Crippen molar-refractivity contribution in [1.29, 1.82) is 0 Å². The molecule has 3 aromatic rings. The molecule has 0 saturated carbocycles. The summed E-state index contributed by atoms with van der Waals surface area (Å²) in [6, 6.07) is 13.9. The molecule has 1 aliphatic rings. The zero-order valence-corrected chi connectivity index (χ0v) is 20.6. The van der Waals surface area contributed by atoms with Gasteiger partial charge in [-0.2, -0.15) is 4.31 Å². The number of aromatic nitrogens is 2. The van der Waals surface area contributed by atoms with Gasteiger partial charge in [0, 0.05) is 28.8 Å². The van der Waals surface area contributed by atoms with Crippen molar-refractivity contribution in [2.75, 3.05) is 31.6 Å². The number of rotatable bonds is 8. The first-order valence-electron chi connectivity index (χ1n) is 10.9. The molecule has 11 heteroatoms. The van der Waals surface area contributed by atoms with E-state index in [2.05, 4.69) is 41.5 Å². The molecule has 0 radical (unpaired) electrons. The SMILES string of the molecule is CC(C)Sc1ccc(Cc2nnc(NC(=O)c3ccc(S(=O)(=O)N4CCOCC4)cc3)o2)cc1. The second kappa shape index (κ2) is 10.7. The van der Waals surface area contributed by atoms with E-state index in [1.165, 1.54) is 33.5 Å². The van der Waals surface area contributed by atoms with Crippen molar-refractivity contribution < 1.29 is 22.4 Å². The minimum absolute atomic E-state index is 0.0167. The van der Waals surface area contributed by atoms with E-state index in [1.54, 1.807) is 11.8 Å². The van der Waals surface area contributed by atoms with E-state index in [0.29, 0.717) is 43.9 Å². The standard InChI is InChI=1S/C23H26N4O5S2/c1-16(2)33-19-7-3-17(4-8-19)15-21-25-26-23(32-21)24-22(28)18-5-9-20(10-6-18)34(29,30)27-11-13-31-14-12-27/h3-10,16H,11-15H2,1-2H3,(H,24,26,28). The largest absolute Gasteiger partial charge is 0.407 e. The molecule has 34 heavy (non-hydrogen) atoms. The number of anilines is 1. The molecule has 4 rings (SSSR count). The molecule has 2 aromatic carbocycles. The van der Waals surface area contributed by atoms with Gasteiger partial charge in [0.25, 0.3) is 5.91 Å². The fourth-order valence-corrected chi connectivity index (χ4v) is 5.64. The van der Waals surface area contributed by atoms with Crippen LogP contribution in [0.25, 0.3) is 0 Å². The average Bonchev–Trinajstić information content (AvgIpc) is 3.27. The van der Waals surface area contributed by atoms with Crippen LogP contribution in [0.5, 0.6) is 0 Å². The van der Waals surface area contributed by atoms with Gasteiger partial charge in [0.2, 0.25) is 15.9 Å². The number of hydrogen-bond donors (Lipinski definition) is 1. The van der Waals surface area contributed by atoms with Gasteiger partial charge < -0.3 is 9.15 Å². The molecule has 1 amide bonds. The van der Waals surface area contributed by atoms with E-state index in [-0.39, 0.29) is 16.5 Å². The van der Waals surface area contributed by atoms with Crippen LogP contribution in [0.15, 0.2) is 62.7 Å². The van der Waals surface area contributed by atoms with Gasteiger partial charge in [-0.25, -0.2) is 8.42 Å². The number of sulfonamides is 1. The van der Waals surface area contributed by atoms with Crippen LogP contribution in [0.4, 0.5) is 6.01 Å². The lowest BCUT2D eigenvalue weighted by atomic mass is 10.1. The molecule has 0 aliphatic carbocycles. The lowest BCUT2D eigenvalue weighted by Gasteiger charge is -2.26. The van der Waals surface area contributed by atoms with Gasteiger partial charge in [0.05, 0.1) is 24.5 Å². The Balaban J connectivity index is 1.36. The van der Waals surface area contributed by atoms with Crippen LogP contribution >= 0.6 is 11.8 Å². The third kappa shape index (κ3) is 6.03. The second-order valence-electron chi connectivity index (χ2n) is 7.98. The lowest BCUT2D eigenvalue weighted by molar-refractivity contribution is 0.0730. The molecule has 0 bridgehead atoms. The molecule has 9 nitrogen and oxygen atoms in total. The average molecular weight is 503 g/mol. The third-order valence-corrected chi connectivity index (χ3v) is 7.99. The highest BCUT2D eigenvalue weighted by atomic mass is 32.2. The van der Waals surface area contributed by atoms with Gasteiger partial charge in [-0.3, -0.25) is 10.1 Å². The maximum absolute atomic E-state index is 12.7. The first-order valence-corrected chi connectivity index (χ1v) is 13.2. The molecule has 180 valence electrons. The number of carbonyl (C=O) groups is 1. The Bertz CT molecular complexity index is 1220. The Kier molecular flexibility index (Phi) is 7.67. The summed E-state index contributed by atoms with van der Waals surface area (Å²) in [5.74, 6) is -0.0906. The van der Waals surface area contributed by atoms with Gasteiger partial charge >= 0.3 is 6.01 Å². The van der Waals surface area contributed by atoms with E-state index >= 15 is 0 Å². The maximum Gasteiger partial charge on any atom is 0.322 e. The highest BCUT2D eigenvalue weighted by molar-refractivity contribution is 7.99. The van der Waals surface area contributed by atoms with Gasteiger partial charge in [0.15, 0.2) is 0 Å². The predicted octanol–water partition coefficient (Wildman–Crippen LogP) is 3.43. The molecule has 1 aromatic heterocycles. The number of thioether (sulfide) groups is 1. The molecular weight excluding hydrogens is 476 g/mol. The second-order valence-corrected chi connectivity index (χ2v) is 11.6. The fourth-order valence-electron chi connectivity index (χ4n) is 3.39. The van der Waals surface area contributed by atoms with E-state index in [1.807, 2.05) is 12.1 Å². The molecule has 0 unspecified atom stereocenters. The summed E-state index contributed by atoms with van der Waals surface area (Å²) < 4.78 is 37.6. The highest BCUT2D eigenvalue weighted by Gasteiger charge is 2.26. The first-order chi connectivity index (χ1) is 16.3. The molecular formula is C23H26N4O5S2. The van der Waals surface area contributed by atoms with Crippen molar-refractivity contribution >= 4 is 33.7 Å². The number of nitrogens with one attached hydrogen (secondary N) is 1. The number of benzene rings is 2. The van der Waals surface area contributed by atoms with Gasteiger partial charge in [-0.15, -0.1) is 16.9 Å². The molecule has 1 N–H and O–H groups in total. The number of morpholine rings is 1. The Labute approximate surface area is 202 Å². The normalized spacial score (nSPS) is 14.9. The van der Waals surface area contributed by atoms with E-state index in [0.717, 1.165) is 5.56 Å². The molecule has 1 aliphatic heterocycles. The maximum atomic E-state index is 12.7. The molecule has 0 atom stereocenters. The van der Waals surface area contributed by atoms with Crippen molar-refractivity contribution in [3.8, 4) is 0 Å². The summed E-state index contributed by atoms with van der Waals surface area (Å²) in [5.41, 5.74) is 1.30. The zero-order chi connectivity index (χ0) is 24.1. The predicted molar refractivity (Wildman–Crippen MR) is 129 cm³/mol. The Hall–Kier alpha value is -2.73. The van der Waals surface area contributed by atoms with E-state index in [4.69, 9.17) is 9.15 Å². The van der Waals surface area contributed by atoms with Gasteiger partial charge in [-0.1, -0.05) is 31.1 Å². The van der Waals surface area contributed by atoms with E-state index < -0.39 is 15.9 Å². The molecule has 1 fully saturated rings. The van der Waals surface area contributed by atoms with Crippen LogP contribution < -0.4 is 5.32 Å². The summed E-state index contributed by atoms with van der Waals surface area (Å²) in [5, 5.41) is 11.0. The van der Waals surface area contributed by atoms with Crippen LogP contribution in [-0.4, -0.2) is 60.4 Å². The summed E-state index contributed by atoms with van der Waals surface area (Å²) in [4.78, 5) is 13.9. The molecule has 0 spiro atoms. The van der Waals surface area contributed by atoms with Gasteiger partial charge in [-0.05, 0) is 42.0 Å². The molecule has 1 saturated heterocycles. The fraction of sp³-hybridized carbons (Fsp3) is 0.348. The Morgan fingerprint density at radius 1 is 1.06 bits per heavy atom. The van der Waals surface area contributed by atoms with Gasteiger partial charge in [0.1, 0.15) is 0 Å². The van der Waals surface area contributed by atoms with Crippen LogP contribution in [0.2, 0.25) is 0 Å². The van der Waals surface area contributed by atoms with Crippen LogP contribution in [0.1, 0.15) is 35.7 Å². The van der Waals surface area contributed by atoms with Crippen LogP contribution in [0.3, 0.4) is 0 Å². The third-order valence-electron chi connectivity index (χ3n) is 5.06. The number of amides is 1. The van der Waals surface area contributed by atoms with Crippen molar-refractivity contribution in [2.24, 2.45) is 0 Å². The van der Waals surface area contributed by atoms with Crippen LogP contribution in [0, 0.1) is 0 Å².